The lowest BCUT2D eigenvalue weighted by Crippen LogP contribution is -2.47. The summed E-state index contributed by atoms with van der Waals surface area (Å²) in [5.74, 6) is 0. The third-order valence-electron chi connectivity index (χ3n) is 2.89. The van der Waals surface area contributed by atoms with E-state index in [1.807, 2.05) is 0 Å². The van der Waals surface area contributed by atoms with E-state index in [-0.39, 0.29) is 12.2 Å². The lowest BCUT2D eigenvalue weighted by Gasteiger charge is -2.29. The smallest absolute Gasteiger partial charge is 0.330 e. The molecular formula is C9H10N2O5. The van der Waals surface area contributed by atoms with Gasteiger partial charge in [-0.2, -0.15) is 0 Å². The average molecular weight is 226 g/mol. The first-order valence-electron chi connectivity index (χ1n) is 4.93. The van der Waals surface area contributed by atoms with Crippen molar-refractivity contribution in [1.29, 1.82) is 0 Å². The van der Waals surface area contributed by atoms with Gasteiger partial charge in [0.1, 0.15) is 18.3 Å². The third kappa shape index (κ3) is 1.26. The molecule has 2 fully saturated rings. The molecule has 1 aromatic rings. The molecule has 3 heterocycles. The number of rotatable bonds is 1. The first-order chi connectivity index (χ1) is 7.66. The number of H-pyrrole nitrogens is 1. The van der Waals surface area contributed by atoms with Crippen LogP contribution in [0.25, 0.3) is 0 Å². The van der Waals surface area contributed by atoms with E-state index in [9.17, 15) is 14.7 Å². The van der Waals surface area contributed by atoms with Crippen molar-refractivity contribution < 1.29 is 14.6 Å². The second-order valence-electron chi connectivity index (χ2n) is 3.87. The number of fused-ring (bicyclic) bond motifs is 1. The summed E-state index contributed by atoms with van der Waals surface area (Å²) in [5.41, 5.74) is -1.08. The monoisotopic (exact) mass is 226 g/mol. The Balaban J connectivity index is 1.98. The molecule has 1 aromatic heterocycles. The number of ether oxygens (including phenoxy) is 2. The van der Waals surface area contributed by atoms with Crippen LogP contribution in [0.5, 0.6) is 0 Å². The maximum atomic E-state index is 11.5. The maximum Gasteiger partial charge on any atom is 0.330 e. The largest absolute Gasteiger partial charge is 0.386 e. The Kier molecular flexibility index (Phi) is 2.00. The summed E-state index contributed by atoms with van der Waals surface area (Å²) in [4.78, 5) is 24.5. The number of hydrogen-bond donors (Lipinski definition) is 2. The number of aliphatic hydroxyl groups excluding tert-OH is 1. The summed E-state index contributed by atoms with van der Waals surface area (Å²) < 4.78 is 11.7. The number of hydrogen-bond acceptors (Lipinski definition) is 5. The van der Waals surface area contributed by atoms with E-state index in [0.717, 1.165) is 4.57 Å². The van der Waals surface area contributed by atoms with Gasteiger partial charge < -0.3 is 14.6 Å². The van der Waals surface area contributed by atoms with E-state index >= 15 is 0 Å². The summed E-state index contributed by atoms with van der Waals surface area (Å²) in [6.45, 7) is 0.427. The van der Waals surface area contributed by atoms with Gasteiger partial charge in [-0.05, 0) is 0 Å². The summed E-state index contributed by atoms with van der Waals surface area (Å²) >= 11 is 0. The van der Waals surface area contributed by atoms with Gasteiger partial charge in [0.15, 0.2) is 6.23 Å². The van der Waals surface area contributed by atoms with E-state index in [4.69, 9.17) is 9.47 Å². The molecule has 7 nitrogen and oxygen atoms in total. The Morgan fingerprint density at radius 1 is 1.50 bits per heavy atom. The zero-order chi connectivity index (χ0) is 11.3. The molecule has 3 rings (SSSR count). The van der Waals surface area contributed by atoms with Crippen LogP contribution in [-0.2, 0) is 9.47 Å². The molecule has 0 aliphatic carbocycles. The quantitative estimate of drug-likeness (QED) is 0.589. The highest BCUT2D eigenvalue weighted by molar-refractivity contribution is 4.97. The molecule has 0 spiro atoms. The van der Waals surface area contributed by atoms with Gasteiger partial charge in [-0.15, -0.1) is 0 Å². The van der Waals surface area contributed by atoms with Crippen molar-refractivity contribution in [2.24, 2.45) is 0 Å². The molecule has 0 aromatic carbocycles. The van der Waals surface area contributed by atoms with Crippen LogP contribution in [0.3, 0.4) is 0 Å². The molecule has 2 aliphatic heterocycles. The van der Waals surface area contributed by atoms with Crippen LogP contribution in [0.1, 0.15) is 6.23 Å². The van der Waals surface area contributed by atoms with Gasteiger partial charge in [0.2, 0.25) is 0 Å². The standard InChI is InChI=1S/C9H10N2O5/c12-5-1-2-11(9(14)10-5)8-6(13)7-4(16-8)3-15-7/h1-2,4,6-8,13H,3H2,(H,10,12,14)/t4-,6-,7+,8-/m1/s1. The van der Waals surface area contributed by atoms with Crippen molar-refractivity contribution in [3.05, 3.63) is 33.1 Å². The van der Waals surface area contributed by atoms with Crippen LogP contribution in [0.15, 0.2) is 21.9 Å². The zero-order valence-corrected chi connectivity index (χ0v) is 8.20. The topological polar surface area (TPSA) is 93.5 Å². The Morgan fingerprint density at radius 3 is 2.81 bits per heavy atom. The maximum absolute atomic E-state index is 11.5. The Labute approximate surface area is 89.2 Å². The lowest BCUT2D eigenvalue weighted by molar-refractivity contribution is -0.156. The Bertz CT molecular complexity index is 521. The van der Waals surface area contributed by atoms with E-state index < -0.39 is 23.6 Å². The van der Waals surface area contributed by atoms with Crippen LogP contribution in [0.2, 0.25) is 0 Å². The van der Waals surface area contributed by atoms with Crippen molar-refractivity contribution in [1.82, 2.24) is 9.55 Å². The van der Waals surface area contributed by atoms with Gasteiger partial charge in [0.05, 0.1) is 6.61 Å². The fourth-order valence-corrected chi connectivity index (χ4v) is 2.00. The number of aromatic amines is 1. The summed E-state index contributed by atoms with van der Waals surface area (Å²) in [7, 11) is 0. The van der Waals surface area contributed by atoms with Crippen LogP contribution < -0.4 is 11.2 Å². The van der Waals surface area contributed by atoms with E-state index in [0.29, 0.717) is 6.61 Å². The van der Waals surface area contributed by atoms with Gasteiger partial charge in [-0.25, -0.2) is 4.79 Å². The fourth-order valence-electron chi connectivity index (χ4n) is 2.00. The molecule has 0 saturated carbocycles. The van der Waals surface area contributed by atoms with Crippen LogP contribution in [0.4, 0.5) is 0 Å². The minimum Gasteiger partial charge on any atom is -0.386 e. The number of aliphatic hydroxyl groups is 1. The number of nitrogens with one attached hydrogen (secondary N) is 1. The predicted octanol–water partition coefficient (Wildman–Crippen LogP) is -1.81. The average Bonchev–Trinajstić information content (AvgIpc) is 2.39. The van der Waals surface area contributed by atoms with Gasteiger partial charge in [-0.1, -0.05) is 0 Å². The van der Waals surface area contributed by atoms with Crippen molar-refractivity contribution in [3.8, 4) is 0 Å². The van der Waals surface area contributed by atoms with E-state index in [1.54, 1.807) is 0 Å². The van der Waals surface area contributed by atoms with Crippen molar-refractivity contribution >= 4 is 0 Å². The van der Waals surface area contributed by atoms with Crippen molar-refractivity contribution in [2.45, 2.75) is 24.5 Å². The van der Waals surface area contributed by atoms with Crippen LogP contribution in [0, 0.1) is 0 Å². The minimum absolute atomic E-state index is 0.168. The normalized spacial score (nSPS) is 36.8. The van der Waals surface area contributed by atoms with Gasteiger partial charge >= 0.3 is 5.69 Å². The zero-order valence-electron chi connectivity index (χ0n) is 8.20. The molecule has 86 valence electrons. The highest BCUT2D eigenvalue weighted by Crippen LogP contribution is 2.35. The number of aromatic nitrogens is 2. The van der Waals surface area contributed by atoms with E-state index in [1.165, 1.54) is 12.3 Å². The summed E-state index contributed by atoms with van der Waals surface area (Å²) in [6, 6.07) is 1.21. The van der Waals surface area contributed by atoms with E-state index in [2.05, 4.69) is 4.98 Å². The predicted molar refractivity (Wildman–Crippen MR) is 51.0 cm³/mol. The molecule has 2 aliphatic rings. The first kappa shape index (κ1) is 9.76. The fraction of sp³-hybridized carbons (Fsp3) is 0.556. The molecular weight excluding hydrogens is 216 g/mol. The van der Waals surface area contributed by atoms with Gasteiger partial charge in [0.25, 0.3) is 5.56 Å². The minimum atomic E-state index is -0.887. The molecule has 4 atom stereocenters. The van der Waals surface area contributed by atoms with Crippen molar-refractivity contribution in [2.75, 3.05) is 6.61 Å². The Morgan fingerprint density at radius 2 is 2.31 bits per heavy atom. The SMILES string of the molecule is O=c1ccn([C@@H]2O[C@@H]3CO[C@@H]3[C@H]2O)c(=O)[nH]1. The highest BCUT2D eigenvalue weighted by Gasteiger charge is 2.51. The van der Waals surface area contributed by atoms with Gasteiger partial charge in [0, 0.05) is 12.3 Å². The molecule has 2 N–H and O–H groups in total. The van der Waals surface area contributed by atoms with Crippen LogP contribution in [-0.4, -0.2) is 39.6 Å². The molecule has 0 bridgehead atoms. The lowest BCUT2D eigenvalue weighted by atomic mass is 10.1. The Hall–Kier alpha value is -1.44. The first-order valence-corrected chi connectivity index (χ1v) is 4.93. The number of nitrogens with zero attached hydrogens (tertiary/aromatic N) is 1. The highest BCUT2D eigenvalue weighted by atomic mass is 16.6. The van der Waals surface area contributed by atoms with Crippen molar-refractivity contribution in [3.63, 3.8) is 0 Å². The van der Waals surface area contributed by atoms with Crippen LogP contribution >= 0.6 is 0 Å². The molecule has 0 unspecified atom stereocenters. The second-order valence-corrected chi connectivity index (χ2v) is 3.87. The molecule has 0 radical (unpaired) electrons. The molecule has 0 amide bonds. The second kappa shape index (κ2) is 3.27. The third-order valence-corrected chi connectivity index (χ3v) is 2.89. The van der Waals surface area contributed by atoms with Gasteiger partial charge in [-0.3, -0.25) is 14.3 Å². The summed E-state index contributed by atoms with van der Waals surface area (Å²) in [5, 5.41) is 9.82. The molecule has 7 heteroatoms. The molecule has 16 heavy (non-hydrogen) atoms. The summed E-state index contributed by atoms with van der Waals surface area (Å²) in [6.07, 6.45) is -0.911. The molecule has 2 saturated heterocycles.